The molecule has 22 heteroatoms. The highest BCUT2D eigenvalue weighted by molar-refractivity contribution is 6.45. The molecule has 2 aliphatic rings. The third kappa shape index (κ3) is 14.4. The van der Waals surface area contributed by atoms with Gasteiger partial charge in [-0.2, -0.15) is 0 Å². The van der Waals surface area contributed by atoms with Crippen LogP contribution in [0.1, 0.15) is 118 Å². The lowest BCUT2D eigenvalue weighted by molar-refractivity contribution is -0.139. The summed E-state index contributed by atoms with van der Waals surface area (Å²) in [7, 11) is 0. The van der Waals surface area contributed by atoms with Gasteiger partial charge in [-0.3, -0.25) is 38.6 Å². The van der Waals surface area contributed by atoms with E-state index < -0.39 is 59.5 Å². The number of hydrogen-bond acceptors (Lipinski definition) is 16. The summed E-state index contributed by atoms with van der Waals surface area (Å²) in [5.74, 6) is -5.49. The van der Waals surface area contributed by atoms with E-state index in [2.05, 4.69) is 23.8 Å². The molecule has 0 aromatic heterocycles. The van der Waals surface area contributed by atoms with Crippen molar-refractivity contribution in [1.82, 2.24) is 20.4 Å². The molecule has 0 saturated heterocycles. The molecule has 0 aliphatic carbocycles. The minimum Gasteiger partial charge on any atom is -0.460 e. The number of aryl methyl sites for hydroxylation is 4. The monoisotopic (exact) mass is 1390 g/mol. The fraction of sp³-hybridized carbons (Fsp3) is 0.282. The zero-order chi connectivity index (χ0) is 71.1. The molecule has 2 N–H and O–H groups in total. The molecule has 9 aromatic carbocycles. The molecule has 0 saturated carbocycles. The maximum Gasteiger partial charge on any atom is 0.349 e. The molecule has 2 unspecified atom stereocenters. The van der Waals surface area contributed by atoms with Crippen molar-refractivity contribution in [3.8, 4) is 46.0 Å². The Morgan fingerprint density at radius 1 is 0.390 bits per heavy atom. The van der Waals surface area contributed by atoms with Crippen molar-refractivity contribution in [2.75, 3.05) is 52.7 Å². The number of nitrogens with one attached hydrogen (secondary N) is 2. The highest BCUT2D eigenvalue weighted by Crippen LogP contribution is 2.58. The first-order valence-corrected chi connectivity index (χ1v) is 34.0. The first-order valence-electron chi connectivity index (χ1n) is 33.3. The molecule has 9 aromatic rings. The molecule has 0 radical (unpaired) electrons. The van der Waals surface area contributed by atoms with E-state index in [1.54, 1.807) is 62.4 Å². The van der Waals surface area contributed by atoms with Gasteiger partial charge in [0.1, 0.15) is 81.4 Å². The first-order chi connectivity index (χ1) is 48.3. The average Bonchev–Trinajstić information content (AvgIpc) is 0.673. The zero-order valence-corrected chi connectivity index (χ0v) is 57.7. The van der Waals surface area contributed by atoms with Crippen molar-refractivity contribution in [2.45, 2.75) is 92.2 Å². The molecule has 0 spiro atoms. The van der Waals surface area contributed by atoms with Gasteiger partial charge in [0.15, 0.2) is 0 Å². The topological polar surface area (TPSA) is 241 Å². The molecular weight excluding hydrogens is 1320 g/mol. The van der Waals surface area contributed by atoms with Gasteiger partial charge in [0.25, 0.3) is 23.6 Å². The Hall–Kier alpha value is -10.4. The molecule has 2 atom stereocenters. The van der Waals surface area contributed by atoms with Gasteiger partial charge in [-0.05, 0) is 135 Å². The lowest BCUT2D eigenvalue weighted by Gasteiger charge is -2.36. The van der Waals surface area contributed by atoms with Crippen LogP contribution in [0.15, 0.2) is 145 Å². The molecule has 100 heavy (non-hydrogen) atoms. The SMILES string of the molecule is C=C(Cl)C(=O)OCCNC(=O)C(CCOCC)N1C(=O)c2cc(Oc3ccc(CC)cc3)c3c4c(Oc5ccc(CC)cc5)cc5c6c(cc(Oc7ccc(CC)cc7)c(c7c(Oc8ccc(CC)cc8)cc(c2c37)C1=O)c64)C(=O)N(C(CCOCC)C(=O)NCCOC(=O)C(=C)Cl)C5=O. The van der Waals surface area contributed by atoms with Crippen molar-refractivity contribution in [3.63, 3.8) is 0 Å². The standard InChI is InChI=1S/C78H74Cl2N4O16/c1-9-45-15-23-49(24-16-45)97-59-39-53-63-54(74(88)83(73(53)87)57(31-35-93-13-5)71(85)81-33-37-95-77(91)43(7)79)41-61(99-51-27-19-47(11-3)20-28-51)67-68-62(100-52-29-21-48(12-4)22-30-52)42-56-64-55(40-60(66(70(64)68)65(59)69(63)67)98-50-25-17-46(10-2)18-26-50)75(89)84(76(56)90)58(32-36-94-14-6)72(86)82-34-38-96-78(92)44(8)80/h15-30,39-42,57-58H,7-14,31-38H2,1-6H3,(H,81,85)(H,82,86). The number of carbonyl (C=O) groups is 8. The third-order valence-corrected chi connectivity index (χ3v) is 17.9. The van der Waals surface area contributed by atoms with Crippen LogP contribution in [-0.2, 0) is 63.8 Å². The maximum absolute atomic E-state index is 16.2. The van der Waals surface area contributed by atoms with Gasteiger partial charge in [-0.1, -0.05) is 113 Å². The van der Waals surface area contributed by atoms with Crippen LogP contribution < -0.4 is 29.6 Å². The summed E-state index contributed by atoms with van der Waals surface area (Å²) in [5, 5.41) is 6.34. The summed E-state index contributed by atoms with van der Waals surface area (Å²) in [6.45, 7) is 17.6. The number of rotatable bonds is 32. The van der Waals surface area contributed by atoms with Crippen LogP contribution in [0.5, 0.6) is 46.0 Å². The van der Waals surface area contributed by atoms with E-state index in [9.17, 15) is 19.2 Å². The number of imide groups is 2. The Labute approximate surface area is 587 Å². The number of carbonyl (C=O) groups excluding carboxylic acids is 8. The van der Waals surface area contributed by atoms with Crippen LogP contribution in [0.4, 0.5) is 0 Å². The predicted molar refractivity (Wildman–Crippen MR) is 380 cm³/mol. The molecule has 2 heterocycles. The molecule has 0 bridgehead atoms. The van der Waals surface area contributed by atoms with E-state index >= 15 is 19.2 Å². The second kappa shape index (κ2) is 31.2. The van der Waals surface area contributed by atoms with Gasteiger partial charge in [-0.15, -0.1) is 0 Å². The van der Waals surface area contributed by atoms with Crippen molar-refractivity contribution in [3.05, 3.63) is 189 Å². The van der Waals surface area contributed by atoms with Crippen molar-refractivity contribution in [2.24, 2.45) is 0 Å². The molecule has 2 aliphatic heterocycles. The van der Waals surface area contributed by atoms with E-state index in [1.807, 2.05) is 76.2 Å². The van der Waals surface area contributed by atoms with E-state index in [1.165, 1.54) is 24.3 Å². The molecule has 0 fully saturated rings. The van der Waals surface area contributed by atoms with Gasteiger partial charge in [-0.25, -0.2) is 9.59 Å². The highest BCUT2D eigenvalue weighted by Gasteiger charge is 2.46. The molecule has 516 valence electrons. The Kier molecular flexibility index (Phi) is 22.1. The number of amides is 6. The van der Waals surface area contributed by atoms with Crippen LogP contribution in [0.2, 0.25) is 0 Å². The van der Waals surface area contributed by atoms with Crippen molar-refractivity contribution < 1.29 is 76.3 Å². The van der Waals surface area contributed by atoms with E-state index in [0.29, 0.717) is 48.7 Å². The van der Waals surface area contributed by atoms with E-state index in [-0.39, 0.29) is 164 Å². The lowest BCUT2D eigenvalue weighted by Crippen LogP contribution is -2.54. The van der Waals surface area contributed by atoms with Gasteiger partial charge in [0.05, 0.1) is 35.3 Å². The lowest BCUT2D eigenvalue weighted by atomic mass is 9.80. The number of halogens is 2. The van der Waals surface area contributed by atoms with Crippen LogP contribution >= 0.6 is 23.2 Å². The smallest absolute Gasteiger partial charge is 0.349 e. The first kappa shape index (κ1) is 70.9. The maximum atomic E-state index is 16.2. The summed E-state index contributed by atoms with van der Waals surface area (Å²) in [6, 6.07) is 32.4. The summed E-state index contributed by atoms with van der Waals surface area (Å²) >= 11 is 11.6. The Morgan fingerprint density at radius 2 is 0.650 bits per heavy atom. The minimum absolute atomic E-state index is 0.0306. The van der Waals surface area contributed by atoms with E-state index in [0.717, 1.165) is 32.1 Å². The Bertz CT molecular complexity index is 4190. The normalized spacial score (nSPS) is 13.2. The number of fused-ring (bicyclic) bond motifs is 2. The fourth-order valence-electron chi connectivity index (χ4n) is 12.6. The number of benzene rings is 9. The number of hydrogen-bond donors (Lipinski definition) is 2. The third-order valence-electron chi connectivity index (χ3n) is 17.6. The number of esters is 2. The fourth-order valence-corrected chi connectivity index (χ4v) is 12.7. The van der Waals surface area contributed by atoms with Crippen LogP contribution in [-0.4, -0.2) is 122 Å². The number of nitrogens with zero attached hydrogens (tertiary/aromatic N) is 2. The second-order valence-corrected chi connectivity index (χ2v) is 24.6. The Morgan fingerprint density at radius 3 is 0.880 bits per heavy atom. The summed E-state index contributed by atoms with van der Waals surface area (Å²) in [6.07, 6.45) is 2.44. The van der Waals surface area contributed by atoms with Crippen molar-refractivity contribution >= 4 is 114 Å². The second-order valence-electron chi connectivity index (χ2n) is 23.7. The predicted octanol–water partition coefficient (Wildman–Crippen LogP) is 14.8. The quantitative estimate of drug-likeness (QED) is 0.00994. The van der Waals surface area contributed by atoms with Gasteiger partial charge in [0.2, 0.25) is 11.8 Å². The Balaban J connectivity index is 1.27. The van der Waals surface area contributed by atoms with Crippen LogP contribution in [0, 0.1) is 0 Å². The van der Waals surface area contributed by atoms with Crippen LogP contribution in [0.3, 0.4) is 0 Å². The summed E-state index contributed by atoms with van der Waals surface area (Å²) in [4.78, 5) is 120. The molecule has 20 nitrogen and oxygen atoms in total. The highest BCUT2D eigenvalue weighted by atomic mass is 35.5. The van der Waals surface area contributed by atoms with Gasteiger partial charge >= 0.3 is 11.9 Å². The average molecular weight is 1390 g/mol. The van der Waals surface area contributed by atoms with Crippen molar-refractivity contribution in [1.29, 1.82) is 0 Å². The summed E-state index contributed by atoms with van der Waals surface area (Å²) in [5.41, 5.74) is 3.68. The van der Waals surface area contributed by atoms with E-state index in [4.69, 9.17) is 61.1 Å². The largest absolute Gasteiger partial charge is 0.460 e. The molecule has 6 amide bonds. The molecular formula is C78H74Cl2N4O16. The van der Waals surface area contributed by atoms with Crippen LogP contribution in [0.25, 0.3) is 43.1 Å². The van der Waals surface area contributed by atoms with Gasteiger partial charge < -0.3 is 48.5 Å². The number of ether oxygens (including phenoxy) is 8. The zero-order valence-electron chi connectivity index (χ0n) is 56.2. The van der Waals surface area contributed by atoms with Gasteiger partial charge in [0, 0.05) is 82.4 Å². The summed E-state index contributed by atoms with van der Waals surface area (Å²) < 4.78 is 50.6. The molecule has 11 rings (SSSR count). The minimum atomic E-state index is -1.52.